The van der Waals surface area contributed by atoms with Crippen molar-refractivity contribution in [3.05, 3.63) is 0 Å². The standard InChI is InChI=1S/C15H28N2OS/c1-2-3-4-5-6-9-12-17-14(18)15(13(16)19)10-7-8-11-15/h2-12H2,1H3,(H2,16,19)(H,17,18). The molecule has 0 aliphatic heterocycles. The molecule has 1 aliphatic rings. The van der Waals surface area contributed by atoms with Gasteiger partial charge in [0.2, 0.25) is 5.91 Å². The summed E-state index contributed by atoms with van der Waals surface area (Å²) in [7, 11) is 0. The smallest absolute Gasteiger partial charge is 0.233 e. The van der Waals surface area contributed by atoms with Crippen molar-refractivity contribution in [1.29, 1.82) is 0 Å². The van der Waals surface area contributed by atoms with Crippen molar-refractivity contribution in [3.8, 4) is 0 Å². The Morgan fingerprint density at radius 3 is 2.32 bits per heavy atom. The molecule has 0 atom stereocenters. The number of amides is 1. The largest absolute Gasteiger partial charge is 0.392 e. The van der Waals surface area contributed by atoms with Gasteiger partial charge in [-0.1, -0.05) is 64.1 Å². The first-order chi connectivity index (χ1) is 9.13. The van der Waals surface area contributed by atoms with E-state index in [9.17, 15) is 4.79 Å². The molecule has 0 saturated heterocycles. The van der Waals surface area contributed by atoms with Crippen LogP contribution in [0.5, 0.6) is 0 Å². The maximum absolute atomic E-state index is 12.3. The van der Waals surface area contributed by atoms with Gasteiger partial charge in [-0.15, -0.1) is 0 Å². The number of hydrogen-bond donors (Lipinski definition) is 2. The van der Waals surface area contributed by atoms with Crippen molar-refractivity contribution in [2.45, 2.75) is 71.1 Å². The number of rotatable bonds is 9. The van der Waals surface area contributed by atoms with Crippen LogP contribution in [-0.4, -0.2) is 17.4 Å². The van der Waals surface area contributed by atoms with E-state index in [0.29, 0.717) is 4.99 Å². The molecule has 0 bridgehead atoms. The fraction of sp³-hybridized carbons (Fsp3) is 0.867. The SMILES string of the molecule is CCCCCCCCNC(=O)C1(C(N)=S)CCCC1. The van der Waals surface area contributed by atoms with Crippen LogP contribution in [0.4, 0.5) is 0 Å². The van der Waals surface area contributed by atoms with Crippen LogP contribution in [-0.2, 0) is 4.79 Å². The Kier molecular flexibility index (Phi) is 7.36. The summed E-state index contributed by atoms with van der Waals surface area (Å²) < 4.78 is 0. The fourth-order valence-corrected chi connectivity index (χ4v) is 3.14. The van der Waals surface area contributed by atoms with E-state index in [1.54, 1.807) is 0 Å². The summed E-state index contributed by atoms with van der Waals surface area (Å²) >= 11 is 5.11. The lowest BCUT2D eigenvalue weighted by Gasteiger charge is -2.26. The normalized spacial score (nSPS) is 17.3. The van der Waals surface area contributed by atoms with Gasteiger partial charge in [-0.3, -0.25) is 4.79 Å². The molecule has 1 aliphatic carbocycles. The van der Waals surface area contributed by atoms with Gasteiger partial charge in [-0.25, -0.2) is 0 Å². The number of hydrogen-bond acceptors (Lipinski definition) is 2. The first-order valence-electron chi connectivity index (χ1n) is 7.71. The van der Waals surface area contributed by atoms with E-state index in [2.05, 4.69) is 12.2 Å². The number of carbonyl (C=O) groups is 1. The number of carbonyl (C=O) groups excluding carboxylic acids is 1. The maximum Gasteiger partial charge on any atom is 0.233 e. The summed E-state index contributed by atoms with van der Waals surface area (Å²) in [6.07, 6.45) is 11.2. The minimum absolute atomic E-state index is 0.0612. The highest BCUT2D eigenvalue weighted by molar-refractivity contribution is 7.80. The van der Waals surface area contributed by atoms with E-state index in [-0.39, 0.29) is 5.91 Å². The Bertz CT molecular complexity index is 299. The highest BCUT2D eigenvalue weighted by Crippen LogP contribution is 2.38. The van der Waals surface area contributed by atoms with Crippen LogP contribution in [0.1, 0.15) is 71.1 Å². The summed E-state index contributed by atoms with van der Waals surface area (Å²) in [5.41, 5.74) is 5.25. The van der Waals surface area contributed by atoms with Crippen LogP contribution in [0.2, 0.25) is 0 Å². The van der Waals surface area contributed by atoms with E-state index in [0.717, 1.165) is 38.6 Å². The quantitative estimate of drug-likeness (QED) is 0.504. The minimum atomic E-state index is -0.544. The molecule has 0 aromatic carbocycles. The number of unbranched alkanes of at least 4 members (excludes halogenated alkanes) is 5. The van der Waals surface area contributed by atoms with Crippen molar-refractivity contribution in [2.24, 2.45) is 11.1 Å². The van der Waals surface area contributed by atoms with Crippen molar-refractivity contribution in [3.63, 3.8) is 0 Å². The second-order valence-electron chi connectivity index (χ2n) is 5.68. The first kappa shape index (κ1) is 16.4. The number of nitrogens with one attached hydrogen (secondary N) is 1. The third-order valence-corrected chi connectivity index (χ3v) is 4.57. The molecule has 110 valence electrons. The predicted molar refractivity (Wildman–Crippen MR) is 84.1 cm³/mol. The van der Waals surface area contributed by atoms with Gasteiger partial charge < -0.3 is 11.1 Å². The second kappa shape index (κ2) is 8.51. The number of thiocarbonyl (C=S) groups is 1. The molecule has 0 aromatic heterocycles. The zero-order valence-corrected chi connectivity index (χ0v) is 13.0. The highest BCUT2D eigenvalue weighted by Gasteiger charge is 2.43. The van der Waals surface area contributed by atoms with Crippen LogP contribution in [0.15, 0.2) is 0 Å². The van der Waals surface area contributed by atoms with Crippen LogP contribution in [0.25, 0.3) is 0 Å². The molecule has 3 N–H and O–H groups in total. The molecule has 1 amide bonds. The Balaban J connectivity index is 2.21. The van der Waals surface area contributed by atoms with Gasteiger partial charge >= 0.3 is 0 Å². The van der Waals surface area contributed by atoms with Crippen molar-refractivity contribution < 1.29 is 4.79 Å². The van der Waals surface area contributed by atoms with E-state index in [4.69, 9.17) is 18.0 Å². The van der Waals surface area contributed by atoms with Gasteiger partial charge in [0.15, 0.2) is 0 Å². The minimum Gasteiger partial charge on any atom is -0.392 e. The third kappa shape index (κ3) is 4.75. The average Bonchev–Trinajstić information content (AvgIpc) is 2.88. The van der Waals surface area contributed by atoms with Gasteiger partial charge in [0.25, 0.3) is 0 Å². The van der Waals surface area contributed by atoms with Gasteiger partial charge in [-0.05, 0) is 19.3 Å². The zero-order valence-electron chi connectivity index (χ0n) is 12.2. The van der Waals surface area contributed by atoms with Crippen molar-refractivity contribution >= 4 is 23.1 Å². The zero-order chi connectivity index (χ0) is 14.1. The molecule has 19 heavy (non-hydrogen) atoms. The monoisotopic (exact) mass is 284 g/mol. The molecule has 0 spiro atoms. The Labute approximate surface area is 122 Å². The lowest BCUT2D eigenvalue weighted by atomic mass is 9.85. The van der Waals surface area contributed by atoms with E-state index in [1.165, 1.54) is 32.1 Å². The summed E-state index contributed by atoms with van der Waals surface area (Å²) in [5, 5.41) is 3.03. The lowest BCUT2D eigenvalue weighted by molar-refractivity contribution is -0.127. The molecular weight excluding hydrogens is 256 g/mol. The van der Waals surface area contributed by atoms with Crippen LogP contribution < -0.4 is 11.1 Å². The Morgan fingerprint density at radius 2 is 1.74 bits per heavy atom. The molecule has 0 radical (unpaired) electrons. The lowest BCUT2D eigenvalue weighted by Crippen LogP contribution is -2.47. The second-order valence-corrected chi connectivity index (χ2v) is 6.12. The predicted octanol–water partition coefficient (Wildman–Crippen LogP) is 3.31. The molecule has 4 heteroatoms. The van der Waals surface area contributed by atoms with Crippen molar-refractivity contribution in [1.82, 2.24) is 5.32 Å². The molecular formula is C15H28N2OS. The van der Waals surface area contributed by atoms with Gasteiger partial charge in [0.1, 0.15) is 0 Å². The van der Waals surface area contributed by atoms with E-state index >= 15 is 0 Å². The highest BCUT2D eigenvalue weighted by atomic mass is 32.1. The average molecular weight is 284 g/mol. The maximum atomic E-state index is 12.3. The summed E-state index contributed by atoms with van der Waals surface area (Å²) in [5.74, 6) is 0.0612. The molecule has 3 nitrogen and oxygen atoms in total. The molecule has 1 fully saturated rings. The number of nitrogens with two attached hydrogens (primary N) is 1. The molecule has 1 saturated carbocycles. The van der Waals surface area contributed by atoms with Crippen LogP contribution in [0.3, 0.4) is 0 Å². The Morgan fingerprint density at radius 1 is 1.16 bits per heavy atom. The van der Waals surface area contributed by atoms with E-state index < -0.39 is 5.41 Å². The molecule has 0 unspecified atom stereocenters. The van der Waals surface area contributed by atoms with Crippen LogP contribution in [0, 0.1) is 5.41 Å². The van der Waals surface area contributed by atoms with Crippen LogP contribution >= 0.6 is 12.2 Å². The van der Waals surface area contributed by atoms with E-state index in [1.807, 2.05) is 0 Å². The van der Waals surface area contributed by atoms with Gasteiger partial charge in [0, 0.05) is 6.54 Å². The summed E-state index contributed by atoms with van der Waals surface area (Å²) in [6.45, 7) is 2.98. The van der Waals surface area contributed by atoms with Crippen molar-refractivity contribution in [2.75, 3.05) is 6.54 Å². The third-order valence-electron chi connectivity index (χ3n) is 4.18. The van der Waals surface area contributed by atoms with Gasteiger partial charge in [-0.2, -0.15) is 0 Å². The molecule has 0 aromatic rings. The fourth-order valence-electron chi connectivity index (χ4n) is 2.84. The first-order valence-corrected chi connectivity index (χ1v) is 8.12. The molecule has 1 rings (SSSR count). The Hall–Kier alpha value is -0.640. The summed E-state index contributed by atoms with van der Waals surface area (Å²) in [4.78, 5) is 12.6. The molecule has 0 heterocycles. The summed E-state index contributed by atoms with van der Waals surface area (Å²) in [6, 6.07) is 0. The topological polar surface area (TPSA) is 55.1 Å². The van der Waals surface area contributed by atoms with Gasteiger partial charge in [0.05, 0.1) is 10.4 Å².